The first-order chi connectivity index (χ1) is 5.68. The zero-order valence-electron chi connectivity index (χ0n) is 5.62. The Morgan fingerprint density at radius 1 is 1.33 bits per heavy atom. The third kappa shape index (κ3) is 0.810. The quantitative estimate of drug-likeness (QED) is 0.550. The van der Waals surface area contributed by atoms with Gasteiger partial charge in [-0.1, -0.05) is 0 Å². The second-order valence-electron chi connectivity index (χ2n) is 2.19. The van der Waals surface area contributed by atoms with Crippen LogP contribution >= 0.6 is 0 Å². The summed E-state index contributed by atoms with van der Waals surface area (Å²) in [7, 11) is 0. The van der Waals surface area contributed by atoms with Crippen molar-refractivity contribution in [2.24, 2.45) is 0 Å². The van der Waals surface area contributed by atoms with Crippen molar-refractivity contribution in [2.75, 3.05) is 0 Å². The van der Waals surface area contributed by atoms with E-state index < -0.39 is 11.6 Å². The lowest BCUT2D eigenvalue weighted by atomic mass is 10.3. The predicted molar refractivity (Wildman–Crippen MR) is 32.9 cm³/mol. The van der Waals surface area contributed by atoms with Crippen LogP contribution in [0.5, 0.6) is 0 Å². The average Bonchev–Trinajstić information content (AvgIpc) is 2.35. The van der Waals surface area contributed by atoms with Gasteiger partial charge in [-0.3, -0.25) is 4.63 Å². The van der Waals surface area contributed by atoms with Crippen LogP contribution < -0.4 is 4.90 Å². The first kappa shape index (κ1) is 6.96. The summed E-state index contributed by atoms with van der Waals surface area (Å²) in [6.07, 6.45) is 0. The van der Waals surface area contributed by atoms with Crippen LogP contribution in [0.2, 0.25) is 0 Å². The van der Waals surface area contributed by atoms with Gasteiger partial charge in [0, 0.05) is 17.3 Å². The number of aromatic nitrogens is 2. The monoisotopic (exact) mass is 172 g/mol. The Balaban J connectivity index is 2.87. The van der Waals surface area contributed by atoms with Gasteiger partial charge in [0.15, 0.2) is 11.6 Å². The van der Waals surface area contributed by atoms with Crippen LogP contribution in [0, 0.1) is 16.8 Å². The van der Waals surface area contributed by atoms with Crippen LogP contribution in [-0.2, 0) is 0 Å². The van der Waals surface area contributed by atoms with Gasteiger partial charge in [0.05, 0.1) is 0 Å². The lowest BCUT2D eigenvalue weighted by Gasteiger charge is -1.88. The molecule has 12 heavy (non-hydrogen) atoms. The summed E-state index contributed by atoms with van der Waals surface area (Å²) in [6.45, 7) is 0. The third-order valence-corrected chi connectivity index (χ3v) is 1.43. The zero-order chi connectivity index (χ0) is 8.72. The molecule has 0 atom stereocenters. The van der Waals surface area contributed by atoms with Crippen molar-refractivity contribution < 1.29 is 18.3 Å². The predicted octanol–water partition coefficient (Wildman–Crippen LogP) is 0.739. The molecule has 2 rings (SSSR count). The molecule has 1 heterocycles. The summed E-state index contributed by atoms with van der Waals surface area (Å²) in [4.78, 5) is 0.0118. The Morgan fingerprint density at radius 2 is 2.00 bits per heavy atom. The molecule has 0 saturated carbocycles. The Morgan fingerprint density at radius 3 is 2.75 bits per heavy atom. The molecule has 0 saturated heterocycles. The number of fused-ring (bicyclic) bond motifs is 1. The van der Waals surface area contributed by atoms with Gasteiger partial charge in [0.2, 0.25) is 5.52 Å². The fourth-order valence-electron chi connectivity index (χ4n) is 0.870. The van der Waals surface area contributed by atoms with Crippen LogP contribution in [0.3, 0.4) is 0 Å². The maximum absolute atomic E-state index is 12.5. The van der Waals surface area contributed by atoms with E-state index in [0.29, 0.717) is 0 Å². The summed E-state index contributed by atoms with van der Waals surface area (Å²) < 4.78 is 29.1. The molecule has 0 aliphatic heterocycles. The van der Waals surface area contributed by atoms with Gasteiger partial charge in [0.25, 0.3) is 5.52 Å². The molecule has 0 aliphatic rings. The molecule has 4 nitrogen and oxygen atoms in total. The van der Waals surface area contributed by atoms with E-state index in [4.69, 9.17) is 0 Å². The number of hydrogen-bond acceptors (Lipinski definition) is 3. The summed E-state index contributed by atoms with van der Waals surface area (Å²) in [5, 5.41) is 13.8. The molecular weight excluding hydrogens is 170 g/mol. The highest BCUT2D eigenvalue weighted by atomic mass is 19.2. The smallest absolute Gasteiger partial charge is 0.251 e. The highest BCUT2D eigenvalue weighted by Gasteiger charge is 2.13. The first-order valence-corrected chi connectivity index (χ1v) is 3.03. The van der Waals surface area contributed by atoms with Crippen LogP contribution in [0.4, 0.5) is 8.78 Å². The SMILES string of the molecule is [O-][n+]1onc2cc(F)c(F)cc21. The molecule has 0 radical (unpaired) electrons. The molecule has 1 aromatic carbocycles. The van der Waals surface area contributed by atoms with Crippen molar-refractivity contribution in [1.82, 2.24) is 5.16 Å². The van der Waals surface area contributed by atoms with E-state index >= 15 is 0 Å². The molecule has 6 heteroatoms. The van der Waals surface area contributed by atoms with Crippen molar-refractivity contribution in [3.05, 3.63) is 29.0 Å². The van der Waals surface area contributed by atoms with Gasteiger partial charge in [-0.05, 0) is 4.90 Å². The molecular formula is C6H2F2N2O2. The van der Waals surface area contributed by atoms with Gasteiger partial charge in [-0.15, -0.1) is 0 Å². The Labute approximate surface area is 64.5 Å². The number of rotatable bonds is 0. The van der Waals surface area contributed by atoms with Gasteiger partial charge in [-0.2, -0.15) is 0 Å². The van der Waals surface area contributed by atoms with E-state index in [1.54, 1.807) is 0 Å². The molecule has 2 aromatic rings. The Hall–Kier alpha value is -1.72. The maximum Gasteiger partial charge on any atom is 0.251 e. The second kappa shape index (κ2) is 2.13. The minimum atomic E-state index is -1.10. The van der Waals surface area contributed by atoms with Crippen LogP contribution in [0.15, 0.2) is 16.8 Å². The Kier molecular flexibility index (Phi) is 1.24. The maximum atomic E-state index is 12.5. The third-order valence-electron chi connectivity index (χ3n) is 1.43. The summed E-state index contributed by atoms with van der Waals surface area (Å²) in [5.74, 6) is -2.16. The normalized spacial score (nSPS) is 10.8. The van der Waals surface area contributed by atoms with Crippen molar-refractivity contribution in [1.29, 1.82) is 0 Å². The van der Waals surface area contributed by atoms with Crippen molar-refractivity contribution >= 4 is 11.0 Å². The highest BCUT2D eigenvalue weighted by molar-refractivity contribution is 5.69. The van der Waals surface area contributed by atoms with E-state index in [2.05, 4.69) is 9.79 Å². The van der Waals surface area contributed by atoms with Crippen LogP contribution in [-0.4, -0.2) is 5.16 Å². The van der Waals surface area contributed by atoms with E-state index in [-0.39, 0.29) is 15.9 Å². The number of halogens is 2. The highest BCUT2D eigenvalue weighted by Crippen LogP contribution is 2.12. The summed E-state index contributed by atoms with van der Waals surface area (Å²) >= 11 is 0. The molecule has 0 N–H and O–H groups in total. The van der Waals surface area contributed by atoms with Crippen LogP contribution in [0.25, 0.3) is 11.0 Å². The fourth-order valence-corrected chi connectivity index (χ4v) is 0.870. The van der Waals surface area contributed by atoms with Crippen molar-refractivity contribution in [2.45, 2.75) is 0 Å². The standard InChI is InChI=1S/C6H2F2N2O2/c7-3-1-5-6(2-4(3)8)10(11)12-9-5/h1-2H. The largest absolute Gasteiger partial charge is 0.359 e. The van der Waals surface area contributed by atoms with Crippen LogP contribution in [0.1, 0.15) is 0 Å². The topological polar surface area (TPSA) is 53.0 Å². The van der Waals surface area contributed by atoms with Gasteiger partial charge in [0.1, 0.15) is 0 Å². The average molecular weight is 172 g/mol. The minimum Gasteiger partial charge on any atom is -0.359 e. The molecule has 0 bridgehead atoms. The molecule has 0 spiro atoms. The lowest BCUT2D eigenvalue weighted by Crippen LogP contribution is -2.22. The lowest BCUT2D eigenvalue weighted by molar-refractivity contribution is -0.782. The van der Waals surface area contributed by atoms with E-state index in [1.165, 1.54) is 0 Å². The van der Waals surface area contributed by atoms with Gasteiger partial charge >= 0.3 is 0 Å². The van der Waals surface area contributed by atoms with Gasteiger partial charge in [-0.25, -0.2) is 8.78 Å². The number of nitrogens with zero attached hydrogens (tertiary/aromatic N) is 2. The molecule has 1 aromatic heterocycles. The molecule has 0 unspecified atom stereocenters. The minimum absolute atomic E-state index is 0.0103. The molecule has 62 valence electrons. The Bertz CT molecular complexity index is 440. The fraction of sp³-hybridized carbons (Fsp3) is 0. The van der Waals surface area contributed by atoms with Crippen molar-refractivity contribution in [3.8, 4) is 0 Å². The van der Waals surface area contributed by atoms with E-state index in [9.17, 15) is 14.0 Å². The molecule has 0 fully saturated rings. The van der Waals surface area contributed by atoms with Gasteiger partial charge < -0.3 is 5.21 Å². The summed E-state index contributed by atoms with van der Waals surface area (Å²) in [5.41, 5.74) is -0.141. The number of hydrogen-bond donors (Lipinski definition) is 0. The second-order valence-corrected chi connectivity index (χ2v) is 2.19. The first-order valence-electron chi connectivity index (χ1n) is 3.03. The van der Waals surface area contributed by atoms with E-state index in [0.717, 1.165) is 12.1 Å². The summed E-state index contributed by atoms with van der Waals surface area (Å²) in [6, 6.07) is 1.52. The molecule has 0 aliphatic carbocycles. The zero-order valence-corrected chi connectivity index (χ0v) is 5.62. The van der Waals surface area contributed by atoms with E-state index in [1.807, 2.05) is 0 Å². The molecule has 0 amide bonds. The van der Waals surface area contributed by atoms with Crippen molar-refractivity contribution in [3.63, 3.8) is 0 Å². The number of benzene rings is 1.